The standard InChI is InChI=1S/C14H30N2O/c1-4-17-12-14(13(2)3)15-8-7-11-16-9-5-6-10-16/h13-15H,4-12H2,1-3H3. The van der Waals surface area contributed by atoms with Crippen LogP contribution in [0.4, 0.5) is 0 Å². The van der Waals surface area contributed by atoms with E-state index in [1.54, 1.807) is 0 Å². The van der Waals surface area contributed by atoms with Gasteiger partial charge in [-0.3, -0.25) is 0 Å². The Hall–Kier alpha value is -0.120. The molecule has 0 radical (unpaired) electrons. The maximum atomic E-state index is 5.51. The van der Waals surface area contributed by atoms with Crippen LogP contribution < -0.4 is 5.32 Å². The average Bonchev–Trinajstić information content (AvgIpc) is 2.80. The summed E-state index contributed by atoms with van der Waals surface area (Å²) in [7, 11) is 0. The van der Waals surface area contributed by atoms with Crippen LogP contribution in [0, 0.1) is 5.92 Å². The van der Waals surface area contributed by atoms with Crippen molar-refractivity contribution in [2.75, 3.05) is 39.4 Å². The van der Waals surface area contributed by atoms with Crippen molar-refractivity contribution < 1.29 is 4.74 Å². The highest BCUT2D eigenvalue weighted by Gasteiger charge is 2.13. The third kappa shape index (κ3) is 6.39. The van der Waals surface area contributed by atoms with Crippen molar-refractivity contribution in [3.05, 3.63) is 0 Å². The Kier molecular flexibility index (Phi) is 7.82. The Morgan fingerprint density at radius 3 is 2.53 bits per heavy atom. The van der Waals surface area contributed by atoms with Crippen molar-refractivity contribution in [3.8, 4) is 0 Å². The number of ether oxygens (including phenoxy) is 1. The highest BCUT2D eigenvalue weighted by molar-refractivity contribution is 4.71. The molecule has 0 bridgehead atoms. The molecule has 1 aliphatic heterocycles. The van der Waals surface area contributed by atoms with Crippen LogP contribution in [0.25, 0.3) is 0 Å². The first-order valence-electron chi connectivity index (χ1n) is 7.27. The fourth-order valence-corrected chi connectivity index (χ4v) is 2.33. The molecule has 1 N–H and O–H groups in total. The molecular formula is C14H30N2O. The molecule has 102 valence electrons. The summed E-state index contributed by atoms with van der Waals surface area (Å²) in [5.74, 6) is 0.647. The molecule has 0 aliphatic carbocycles. The van der Waals surface area contributed by atoms with E-state index in [4.69, 9.17) is 4.74 Å². The largest absolute Gasteiger partial charge is 0.380 e. The van der Waals surface area contributed by atoms with Gasteiger partial charge in [-0.15, -0.1) is 0 Å². The maximum absolute atomic E-state index is 5.51. The molecule has 1 aliphatic rings. The highest BCUT2D eigenvalue weighted by atomic mass is 16.5. The van der Waals surface area contributed by atoms with Gasteiger partial charge in [-0.1, -0.05) is 13.8 Å². The third-order valence-electron chi connectivity index (χ3n) is 3.56. The predicted octanol–water partition coefficient (Wildman–Crippen LogP) is 2.12. The minimum Gasteiger partial charge on any atom is -0.380 e. The number of hydrogen-bond acceptors (Lipinski definition) is 3. The zero-order valence-corrected chi connectivity index (χ0v) is 11.9. The minimum atomic E-state index is 0.508. The normalized spacial score (nSPS) is 19.1. The van der Waals surface area contributed by atoms with Crippen LogP contribution in [-0.4, -0.2) is 50.3 Å². The van der Waals surface area contributed by atoms with Gasteiger partial charge >= 0.3 is 0 Å². The Labute approximate surface area is 107 Å². The molecular weight excluding hydrogens is 212 g/mol. The van der Waals surface area contributed by atoms with Crippen LogP contribution in [0.3, 0.4) is 0 Å². The maximum Gasteiger partial charge on any atom is 0.0621 e. The molecule has 0 aromatic heterocycles. The third-order valence-corrected chi connectivity index (χ3v) is 3.56. The van der Waals surface area contributed by atoms with Crippen molar-refractivity contribution in [1.29, 1.82) is 0 Å². The summed E-state index contributed by atoms with van der Waals surface area (Å²) < 4.78 is 5.51. The molecule has 3 nitrogen and oxygen atoms in total. The number of hydrogen-bond donors (Lipinski definition) is 1. The van der Waals surface area contributed by atoms with Gasteiger partial charge < -0.3 is 15.0 Å². The van der Waals surface area contributed by atoms with Gasteiger partial charge in [0, 0.05) is 12.6 Å². The smallest absolute Gasteiger partial charge is 0.0621 e. The van der Waals surface area contributed by atoms with Gasteiger partial charge in [0.25, 0.3) is 0 Å². The Balaban J connectivity index is 2.04. The van der Waals surface area contributed by atoms with E-state index < -0.39 is 0 Å². The zero-order chi connectivity index (χ0) is 12.5. The second-order valence-corrected chi connectivity index (χ2v) is 5.37. The van der Waals surface area contributed by atoms with Crippen LogP contribution >= 0.6 is 0 Å². The van der Waals surface area contributed by atoms with E-state index in [2.05, 4.69) is 31.0 Å². The summed E-state index contributed by atoms with van der Waals surface area (Å²) in [6.45, 7) is 13.2. The van der Waals surface area contributed by atoms with Gasteiger partial charge in [-0.05, 0) is 58.3 Å². The lowest BCUT2D eigenvalue weighted by Gasteiger charge is -2.23. The quantitative estimate of drug-likeness (QED) is 0.627. The number of nitrogens with zero attached hydrogens (tertiary/aromatic N) is 1. The molecule has 1 fully saturated rings. The lowest BCUT2D eigenvalue weighted by atomic mass is 10.1. The Bertz CT molecular complexity index is 179. The first-order chi connectivity index (χ1) is 8.24. The molecule has 0 aromatic carbocycles. The van der Waals surface area contributed by atoms with Crippen LogP contribution in [0.1, 0.15) is 40.0 Å². The molecule has 17 heavy (non-hydrogen) atoms. The van der Waals surface area contributed by atoms with Gasteiger partial charge in [0.1, 0.15) is 0 Å². The van der Waals surface area contributed by atoms with E-state index in [1.807, 2.05) is 0 Å². The van der Waals surface area contributed by atoms with Crippen molar-refractivity contribution >= 4 is 0 Å². The number of rotatable bonds is 9. The number of likely N-dealkylation sites (tertiary alicyclic amines) is 1. The lowest BCUT2D eigenvalue weighted by Crippen LogP contribution is -2.39. The predicted molar refractivity (Wildman–Crippen MR) is 73.4 cm³/mol. The molecule has 0 aromatic rings. The van der Waals surface area contributed by atoms with E-state index in [0.29, 0.717) is 12.0 Å². The molecule has 1 atom stereocenters. The Morgan fingerprint density at radius 2 is 1.94 bits per heavy atom. The average molecular weight is 242 g/mol. The fourth-order valence-electron chi connectivity index (χ4n) is 2.33. The van der Waals surface area contributed by atoms with Gasteiger partial charge in [0.05, 0.1) is 6.61 Å². The summed E-state index contributed by atoms with van der Waals surface area (Å²) in [5.41, 5.74) is 0. The Morgan fingerprint density at radius 1 is 1.24 bits per heavy atom. The second-order valence-electron chi connectivity index (χ2n) is 5.37. The van der Waals surface area contributed by atoms with Gasteiger partial charge in [-0.2, -0.15) is 0 Å². The molecule has 1 heterocycles. The summed E-state index contributed by atoms with van der Waals surface area (Å²) in [5, 5.41) is 3.63. The fraction of sp³-hybridized carbons (Fsp3) is 1.00. The molecule has 0 amide bonds. The SMILES string of the molecule is CCOCC(NCCCN1CCCC1)C(C)C. The van der Waals surface area contributed by atoms with Crippen molar-refractivity contribution in [2.45, 2.75) is 46.1 Å². The van der Waals surface area contributed by atoms with Gasteiger partial charge in [0.2, 0.25) is 0 Å². The monoisotopic (exact) mass is 242 g/mol. The lowest BCUT2D eigenvalue weighted by molar-refractivity contribution is 0.108. The van der Waals surface area contributed by atoms with Crippen molar-refractivity contribution in [3.63, 3.8) is 0 Å². The molecule has 3 heteroatoms. The van der Waals surface area contributed by atoms with Crippen LogP contribution in [0.15, 0.2) is 0 Å². The van der Waals surface area contributed by atoms with E-state index in [-0.39, 0.29) is 0 Å². The minimum absolute atomic E-state index is 0.508. The number of nitrogens with one attached hydrogen (secondary N) is 1. The summed E-state index contributed by atoms with van der Waals surface area (Å²) in [4.78, 5) is 2.58. The summed E-state index contributed by atoms with van der Waals surface area (Å²) >= 11 is 0. The highest BCUT2D eigenvalue weighted by Crippen LogP contribution is 2.07. The van der Waals surface area contributed by atoms with Gasteiger partial charge in [-0.25, -0.2) is 0 Å². The van der Waals surface area contributed by atoms with Crippen LogP contribution in [-0.2, 0) is 4.74 Å². The van der Waals surface area contributed by atoms with Gasteiger partial charge in [0.15, 0.2) is 0 Å². The van der Waals surface area contributed by atoms with E-state index in [0.717, 1.165) is 19.8 Å². The molecule has 1 unspecified atom stereocenters. The first kappa shape index (κ1) is 14.9. The zero-order valence-electron chi connectivity index (χ0n) is 11.9. The first-order valence-corrected chi connectivity index (χ1v) is 7.27. The van der Waals surface area contributed by atoms with Crippen LogP contribution in [0.5, 0.6) is 0 Å². The van der Waals surface area contributed by atoms with E-state index >= 15 is 0 Å². The topological polar surface area (TPSA) is 24.5 Å². The van der Waals surface area contributed by atoms with Crippen molar-refractivity contribution in [2.24, 2.45) is 5.92 Å². The summed E-state index contributed by atoms with van der Waals surface area (Å²) in [6, 6.07) is 0.508. The second kappa shape index (κ2) is 8.90. The molecule has 0 saturated carbocycles. The molecule has 1 rings (SSSR count). The summed E-state index contributed by atoms with van der Waals surface area (Å²) in [6.07, 6.45) is 4.05. The van der Waals surface area contributed by atoms with Crippen LogP contribution in [0.2, 0.25) is 0 Å². The van der Waals surface area contributed by atoms with Crippen molar-refractivity contribution in [1.82, 2.24) is 10.2 Å². The van der Waals surface area contributed by atoms with E-state index in [9.17, 15) is 0 Å². The molecule has 1 saturated heterocycles. The van der Waals surface area contributed by atoms with E-state index in [1.165, 1.54) is 38.9 Å². The molecule has 0 spiro atoms.